The van der Waals surface area contributed by atoms with E-state index in [9.17, 15) is 19.2 Å². The molecule has 2 aromatic heterocycles. The quantitative estimate of drug-likeness (QED) is 0.0804. The number of H-pyrrole nitrogens is 2. The fourth-order valence-corrected chi connectivity index (χ4v) is 4.92. The number of amides is 4. The summed E-state index contributed by atoms with van der Waals surface area (Å²) in [6, 6.07) is 16.3. The van der Waals surface area contributed by atoms with E-state index in [4.69, 9.17) is 0 Å². The number of anilines is 2. The molecule has 0 aliphatic carbocycles. The largest absolute Gasteiger partial charge is 0.352 e. The summed E-state index contributed by atoms with van der Waals surface area (Å²) < 4.78 is 0. The molecule has 48 heavy (non-hydrogen) atoms. The number of aromatic amines is 2. The summed E-state index contributed by atoms with van der Waals surface area (Å²) in [5, 5.41) is 11.5. The number of hydrogen-bond acceptors (Lipinski definition) is 6. The van der Waals surface area contributed by atoms with Gasteiger partial charge in [0.2, 0.25) is 0 Å². The smallest absolute Gasteiger partial charge is 0.255 e. The first kappa shape index (κ1) is 33.3. The lowest BCUT2D eigenvalue weighted by Crippen LogP contribution is -2.24. The van der Waals surface area contributed by atoms with E-state index in [0.29, 0.717) is 69.5 Å². The second-order valence-corrected chi connectivity index (χ2v) is 11.2. The predicted molar refractivity (Wildman–Crippen MR) is 185 cm³/mol. The van der Waals surface area contributed by atoms with Crippen LogP contribution >= 0.6 is 0 Å². The number of aromatic nitrogens is 4. The summed E-state index contributed by atoms with van der Waals surface area (Å²) >= 11 is 0. The number of rotatable bonds is 14. The van der Waals surface area contributed by atoms with Gasteiger partial charge in [-0.05, 0) is 73.5 Å². The SMILES string of the molecule is CCCCNC(=O)c1cc(NC(=O)c2ccc(C(=O)Nc3cc(C(=O)NCCCC)cc(-c4ncc[nH]4)c3)cc2)cc(-c2ncc[nH]2)c1. The van der Waals surface area contributed by atoms with Gasteiger partial charge in [0.15, 0.2) is 0 Å². The minimum absolute atomic E-state index is 0.248. The van der Waals surface area contributed by atoms with Crippen molar-refractivity contribution >= 4 is 35.0 Å². The maximum atomic E-state index is 13.2. The highest BCUT2D eigenvalue weighted by Crippen LogP contribution is 2.25. The molecule has 3 aromatic carbocycles. The highest BCUT2D eigenvalue weighted by atomic mass is 16.2. The van der Waals surface area contributed by atoms with Crippen molar-refractivity contribution in [2.24, 2.45) is 0 Å². The molecule has 0 atom stereocenters. The van der Waals surface area contributed by atoms with E-state index in [2.05, 4.69) is 41.2 Å². The van der Waals surface area contributed by atoms with Crippen molar-refractivity contribution in [1.82, 2.24) is 30.6 Å². The Labute approximate surface area is 278 Å². The zero-order chi connectivity index (χ0) is 33.9. The van der Waals surface area contributed by atoms with Crippen LogP contribution in [0.3, 0.4) is 0 Å². The number of nitrogens with one attached hydrogen (secondary N) is 6. The summed E-state index contributed by atoms with van der Waals surface area (Å²) in [4.78, 5) is 66.8. The molecule has 0 saturated heterocycles. The average Bonchev–Trinajstić information content (AvgIpc) is 3.84. The number of nitrogens with zero attached hydrogens (tertiary/aromatic N) is 2. The van der Waals surface area contributed by atoms with Gasteiger partial charge in [-0.25, -0.2) is 9.97 Å². The lowest BCUT2D eigenvalue weighted by molar-refractivity contribution is 0.0945. The van der Waals surface area contributed by atoms with Crippen LogP contribution in [0.4, 0.5) is 11.4 Å². The van der Waals surface area contributed by atoms with E-state index in [1.54, 1.807) is 85.5 Å². The molecule has 246 valence electrons. The fraction of sp³-hybridized carbons (Fsp3) is 0.222. The molecule has 2 heterocycles. The number of imidazole rings is 2. The number of carbonyl (C=O) groups is 4. The van der Waals surface area contributed by atoms with Crippen molar-refractivity contribution in [2.75, 3.05) is 23.7 Å². The molecule has 0 spiro atoms. The van der Waals surface area contributed by atoms with Gasteiger partial charge in [-0.1, -0.05) is 26.7 Å². The summed E-state index contributed by atoms with van der Waals surface area (Å²) in [6.07, 6.45) is 10.2. The lowest BCUT2D eigenvalue weighted by atomic mass is 10.1. The molecule has 12 nitrogen and oxygen atoms in total. The monoisotopic (exact) mass is 646 g/mol. The zero-order valence-corrected chi connectivity index (χ0v) is 26.9. The molecule has 6 N–H and O–H groups in total. The van der Waals surface area contributed by atoms with Gasteiger partial charge in [0.25, 0.3) is 23.6 Å². The van der Waals surface area contributed by atoms with Gasteiger partial charge in [-0.2, -0.15) is 0 Å². The van der Waals surface area contributed by atoms with Crippen LogP contribution in [0, 0.1) is 0 Å². The number of benzene rings is 3. The van der Waals surface area contributed by atoms with Crippen molar-refractivity contribution in [1.29, 1.82) is 0 Å². The van der Waals surface area contributed by atoms with Crippen LogP contribution in [-0.4, -0.2) is 56.7 Å². The average molecular weight is 647 g/mol. The molecule has 0 unspecified atom stereocenters. The molecule has 0 fully saturated rings. The van der Waals surface area contributed by atoms with Crippen LogP contribution < -0.4 is 21.3 Å². The van der Waals surface area contributed by atoms with Gasteiger partial charge in [-0.3, -0.25) is 19.2 Å². The molecule has 4 amide bonds. The zero-order valence-electron chi connectivity index (χ0n) is 26.9. The van der Waals surface area contributed by atoms with Crippen molar-refractivity contribution in [2.45, 2.75) is 39.5 Å². The maximum absolute atomic E-state index is 13.2. The third kappa shape index (κ3) is 8.60. The Bertz CT molecular complexity index is 1730. The van der Waals surface area contributed by atoms with Gasteiger partial charge >= 0.3 is 0 Å². The third-order valence-corrected chi connectivity index (χ3v) is 7.49. The van der Waals surface area contributed by atoms with E-state index >= 15 is 0 Å². The molecule has 0 aliphatic heterocycles. The molecule has 0 saturated carbocycles. The predicted octanol–water partition coefficient (Wildman–Crippen LogP) is 6.03. The molecule has 5 rings (SSSR count). The number of hydrogen-bond donors (Lipinski definition) is 6. The Morgan fingerprint density at radius 3 is 1.33 bits per heavy atom. The summed E-state index contributed by atoms with van der Waals surface area (Å²) in [7, 11) is 0. The summed E-state index contributed by atoms with van der Waals surface area (Å²) in [5.74, 6) is -0.212. The number of carbonyl (C=O) groups excluding carboxylic acids is 4. The van der Waals surface area contributed by atoms with E-state index < -0.39 is 11.8 Å². The topological polar surface area (TPSA) is 174 Å². The highest BCUT2D eigenvalue weighted by molar-refractivity contribution is 6.08. The Balaban J connectivity index is 1.30. The van der Waals surface area contributed by atoms with Crippen LogP contribution in [-0.2, 0) is 0 Å². The molecular formula is C36H38N8O4. The third-order valence-electron chi connectivity index (χ3n) is 7.49. The molecule has 12 heteroatoms. The van der Waals surface area contributed by atoms with Gasteiger partial charge in [0.1, 0.15) is 11.6 Å². The van der Waals surface area contributed by atoms with Crippen molar-refractivity contribution in [3.63, 3.8) is 0 Å². The molecular weight excluding hydrogens is 608 g/mol. The van der Waals surface area contributed by atoms with Crippen molar-refractivity contribution in [3.8, 4) is 22.8 Å². The maximum Gasteiger partial charge on any atom is 0.255 e. The first-order chi connectivity index (χ1) is 23.3. The highest BCUT2D eigenvalue weighted by Gasteiger charge is 2.16. The second kappa shape index (κ2) is 16.0. The first-order valence-corrected chi connectivity index (χ1v) is 15.9. The van der Waals surface area contributed by atoms with Crippen LogP contribution in [0.5, 0.6) is 0 Å². The molecule has 5 aromatic rings. The van der Waals surface area contributed by atoms with Crippen LogP contribution in [0.2, 0.25) is 0 Å². The van der Waals surface area contributed by atoms with Gasteiger partial charge in [0, 0.05) is 82.6 Å². The first-order valence-electron chi connectivity index (χ1n) is 15.9. The van der Waals surface area contributed by atoms with Gasteiger partial charge in [0.05, 0.1) is 0 Å². The summed E-state index contributed by atoms with van der Waals surface area (Å²) in [6.45, 7) is 5.19. The Hall–Kier alpha value is -6.04. The molecule has 0 radical (unpaired) electrons. The minimum Gasteiger partial charge on any atom is -0.352 e. The Morgan fingerprint density at radius 1 is 0.562 bits per heavy atom. The van der Waals surface area contributed by atoms with Gasteiger partial charge in [-0.15, -0.1) is 0 Å². The van der Waals surface area contributed by atoms with E-state index in [0.717, 1.165) is 25.7 Å². The Morgan fingerprint density at radius 2 is 0.979 bits per heavy atom. The van der Waals surface area contributed by atoms with E-state index in [1.807, 2.05) is 13.8 Å². The van der Waals surface area contributed by atoms with Crippen molar-refractivity contribution < 1.29 is 19.2 Å². The summed E-state index contributed by atoms with van der Waals surface area (Å²) in [5.41, 5.74) is 3.53. The van der Waals surface area contributed by atoms with Gasteiger partial charge < -0.3 is 31.2 Å². The van der Waals surface area contributed by atoms with Crippen LogP contribution in [0.15, 0.2) is 85.5 Å². The van der Waals surface area contributed by atoms with E-state index in [1.165, 1.54) is 0 Å². The minimum atomic E-state index is -0.416. The fourth-order valence-electron chi connectivity index (χ4n) is 4.92. The van der Waals surface area contributed by atoms with Crippen molar-refractivity contribution in [3.05, 3.63) is 108 Å². The van der Waals surface area contributed by atoms with Crippen LogP contribution in [0.25, 0.3) is 22.8 Å². The molecule has 0 bridgehead atoms. The number of unbranched alkanes of at least 4 members (excludes halogenated alkanes) is 2. The standard InChI is InChI=1S/C36H38N8O4/c1-3-5-11-41-33(45)27-17-25(31-37-13-14-38-31)19-29(21-27)43-35(47)23-7-9-24(10-8-23)36(48)44-30-20-26(32-39-15-16-40-32)18-28(22-30)34(46)42-12-6-4-2/h7-10,13-22H,3-6,11-12H2,1-2H3,(H,37,38)(H,39,40)(H,41,45)(H,42,46)(H,43,47)(H,44,48). The lowest BCUT2D eigenvalue weighted by Gasteiger charge is -2.12. The Kier molecular flexibility index (Phi) is 11.1. The second-order valence-electron chi connectivity index (χ2n) is 11.2. The normalized spacial score (nSPS) is 10.7. The molecule has 0 aliphatic rings. The van der Waals surface area contributed by atoms with Crippen LogP contribution in [0.1, 0.15) is 81.0 Å². The van der Waals surface area contributed by atoms with E-state index in [-0.39, 0.29) is 11.8 Å².